The fourth-order valence-electron chi connectivity index (χ4n) is 4.81. The highest BCUT2D eigenvalue weighted by molar-refractivity contribution is 7.89. The second kappa shape index (κ2) is 8.62. The molecule has 4 rings (SSSR count). The normalized spacial score (nSPS) is 23.1. The van der Waals surface area contributed by atoms with Crippen molar-refractivity contribution in [2.75, 3.05) is 25.1 Å². The lowest BCUT2D eigenvalue weighted by Crippen LogP contribution is -2.48. The number of benzene rings is 2. The number of hydrogen-bond acceptors (Lipinski definition) is 4. The van der Waals surface area contributed by atoms with Crippen LogP contribution in [0.25, 0.3) is 0 Å². The van der Waals surface area contributed by atoms with Crippen LogP contribution in [0.1, 0.15) is 43.4 Å². The second-order valence-electron chi connectivity index (χ2n) is 8.16. The summed E-state index contributed by atoms with van der Waals surface area (Å²) in [6.45, 7) is 2.33. The minimum Gasteiger partial charge on any atom is -0.394 e. The van der Waals surface area contributed by atoms with Gasteiger partial charge in [-0.1, -0.05) is 24.8 Å². The number of likely N-dealkylation sites (N-methyl/N-ethyl adjacent to an activating group) is 1. The Morgan fingerprint density at radius 1 is 1.23 bits per heavy atom. The molecule has 0 amide bonds. The number of unbranched alkanes of at least 4 members (excludes halogenated alkanes) is 1. The van der Waals surface area contributed by atoms with Gasteiger partial charge in [0.05, 0.1) is 23.6 Å². The third-order valence-electron chi connectivity index (χ3n) is 6.31. The molecule has 164 valence electrons. The highest BCUT2D eigenvalue weighted by Gasteiger charge is 2.50. The van der Waals surface area contributed by atoms with E-state index < -0.39 is 21.9 Å². The molecule has 0 bridgehead atoms. The van der Waals surface area contributed by atoms with E-state index in [2.05, 4.69) is 18.8 Å². The third-order valence-corrected chi connectivity index (χ3v) is 8.19. The maximum Gasteiger partial charge on any atom is 0.243 e. The Labute approximate surface area is 183 Å². The third kappa shape index (κ3) is 3.84. The molecule has 2 aromatic carbocycles. The van der Waals surface area contributed by atoms with Crippen LogP contribution >= 0.6 is 0 Å². The zero-order valence-corrected chi connectivity index (χ0v) is 18.6. The molecular weight excluding hydrogens is 415 g/mol. The Bertz CT molecular complexity index is 1140. The van der Waals surface area contributed by atoms with Gasteiger partial charge >= 0.3 is 0 Å². The Morgan fingerprint density at radius 3 is 2.74 bits per heavy atom. The van der Waals surface area contributed by atoms with Crippen LogP contribution in [-0.4, -0.2) is 44.1 Å². The molecule has 0 saturated carbocycles. The van der Waals surface area contributed by atoms with E-state index in [1.54, 1.807) is 0 Å². The van der Waals surface area contributed by atoms with E-state index in [1.165, 1.54) is 22.5 Å². The van der Waals surface area contributed by atoms with Crippen molar-refractivity contribution in [3.8, 4) is 11.8 Å². The minimum absolute atomic E-state index is 0.0481. The van der Waals surface area contributed by atoms with E-state index in [9.17, 15) is 17.9 Å². The van der Waals surface area contributed by atoms with Crippen LogP contribution < -0.4 is 4.90 Å². The fourth-order valence-corrected chi connectivity index (χ4v) is 6.51. The Kier molecular flexibility index (Phi) is 6.07. The van der Waals surface area contributed by atoms with Crippen LogP contribution in [0.2, 0.25) is 0 Å². The topological polar surface area (TPSA) is 60.9 Å². The number of rotatable bonds is 4. The van der Waals surface area contributed by atoms with Crippen LogP contribution in [0.5, 0.6) is 0 Å². The Balaban J connectivity index is 1.82. The van der Waals surface area contributed by atoms with E-state index in [1.807, 2.05) is 30.1 Å². The summed E-state index contributed by atoms with van der Waals surface area (Å²) in [6, 6.07) is 10.4. The first-order valence-corrected chi connectivity index (χ1v) is 12.1. The number of nitrogens with zero attached hydrogens (tertiary/aromatic N) is 2. The molecule has 3 atom stereocenters. The van der Waals surface area contributed by atoms with E-state index in [0.29, 0.717) is 13.0 Å². The summed E-state index contributed by atoms with van der Waals surface area (Å²) in [7, 11) is -1.97. The van der Waals surface area contributed by atoms with Crippen molar-refractivity contribution in [3.63, 3.8) is 0 Å². The summed E-state index contributed by atoms with van der Waals surface area (Å²) >= 11 is 0. The molecule has 1 N–H and O–H groups in total. The average molecular weight is 443 g/mol. The number of sulfonamides is 1. The Hall–Kier alpha value is -2.40. The van der Waals surface area contributed by atoms with Gasteiger partial charge in [-0.25, -0.2) is 12.8 Å². The lowest BCUT2D eigenvalue weighted by molar-refractivity contribution is 0.193. The number of anilines is 1. The van der Waals surface area contributed by atoms with Gasteiger partial charge < -0.3 is 10.0 Å². The van der Waals surface area contributed by atoms with E-state index in [-0.39, 0.29) is 23.5 Å². The van der Waals surface area contributed by atoms with Gasteiger partial charge in [-0.2, -0.15) is 4.31 Å². The molecule has 0 unspecified atom stereocenters. The fraction of sp³-hybridized carbons (Fsp3) is 0.417. The molecule has 1 fully saturated rings. The Morgan fingerprint density at radius 2 is 2.03 bits per heavy atom. The first-order valence-electron chi connectivity index (χ1n) is 10.6. The number of fused-ring (bicyclic) bond motifs is 3. The maximum atomic E-state index is 13.8. The number of halogens is 1. The summed E-state index contributed by atoms with van der Waals surface area (Å²) in [5.41, 5.74) is 2.62. The van der Waals surface area contributed by atoms with Crippen molar-refractivity contribution >= 4 is 15.7 Å². The highest BCUT2D eigenvalue weighted by atomic mass is 32.2. The second-order valence-corrected chi connectivity index (χ2v) is 10.0. The molecule has 2 aliphatic heterocycles. The summed E-state index contributed by atoms with van der Waals surface area (Å²) < 4.78 is 42.2. The maximum absolute atomic E-state index is 13.8. The minimum atomic E-state index is -3.90. The molecule has 2 aromatic rings. The zero-order valence-electron chi connectivity index (χ0n) is 17.8. The van der Waals surface area contributed by atoms with Gasteiger partial charge in [-0.15, -0.1) is 0 Å². The van der Waals surface area contributed by atoms with Gasteiger partial charge in [0, 0.05) is 37.2 Å². The van der Waals surface area contributed by atoms with Gasteiger partial charge in [0.2, 0.25) is 10.0 Å². The van der Waals surface area contributed by atoms with E-state index in [0.717, 1.165) is 35.7 Å². The first kappa shape index (κ1) is 21.8. The summed E-state index contributed by atoms with van der Waals surface area (Å²) in [6.07, 6.45) is 2.40. The predicted octanol–water partition coefficient (Wildman–Crippen LogP) is 3.54. The lowest BCUT2D eigenvalue weighted by Gasteiger charge is -2.44. The number of hydrogen-bond donors (Lipinski definition) is 1. The molecule has 2 aliphatic rings. The van der Waals surface area contributed by atoms with Crippen LogP contribution in [-0.2, 0) is 10.0 Å². The van der Waals surface area contributed by atoms with Gasteiger partial charge in [0.15, 0.2) is 0 Å². The van der Waals surface area contributed by atoms with Crippen molar-refractivity contribution in [2.24, 2.45) is 5.92 Å². The molecule has 0 aliphatic carbocycles. The zero-order chi connectivity index (χ0) is 22.2. The first-order chi connectivity index (χ1) is 14.9. The van der Waals surface area contributed by atoms with Crippen LogP contribution in [0.3, 0.4) is 0 Å². The molecule has 5 nitrogen and oxygen atoms in total. The largest absolute Gasteiger partial charge is 0.394 e. The van der Waals surface area contributed by atoms with Crippen LogP contribution in [0.4, 0.5) is 10.1 Å². The number of aliphatic hydroxyl groups excluding tert-OH is 1. The van der Waals surface area contributed by atoms with Crippen LogP contribution in [0.15, 0.2) is 47.4 Å². The lowest BCUT2D eigenvalue weighted by atomic mass is 9.82. The van der Waals surface area contributed by atoms with Crippen molar-refractivity contribution in [1.29, 1.82) is 0 Å². The van der Waals surface area contributed by atoms with E-state index >= 15 is 0 Å². The van der Waals surface area contributed by atoms with Crippen molar-refractivity contribution in [2.45, 2.75) is 43.2 Å². The summed E-state index contributed by atoms with van der Waals surface area (Å²) in [4.78, 5) is 1.99. The van der Waals surface area contributed by atoms with Gasteiger partial charge in [-0.3, -0.25) is 0 Å². The standard InChI is InChI=1S/C24H27FN2O3S/c1-3-4-5-7-17-10-11-22-21(14-17)24-20(23(16-28)26(22)2)12-13-27(24)31(29,30)19-9-6-8-18(25)15-19/h6,8-11,14-15,20,23-24,28H,3-4,12-13,16H2,1-2H3/t20-,23+,24-/m1/s1. The molecule has 1 saturated heterocycles. The highest BCUT2D eigenvalue weighted by Crippen LogP contribution is 2.50. The van der Waals surface area contributed by atoms with Gasteiger partial charge in [0.25, 0.3) is 0 Å². The molecule has 0 aromatic heterocycles. The summed E-state index contributed by atoms with van der Waals surface area (Å²) in [5.74, 6) is 5.67. The van der Waals surface area contributed by atoms with Crippen LogP contribution in [0, 0.1) is 23.6 Å². The predicted molar refractivity (Wildman–Crippen MR) is 119 cm³/mol. The molecule has 2 heterocycles. The van der Waals surface area contributed by atoms with Gasteiger partial charge in [-0.05, 0) is 54.8 Å². The quantitative estimate of drug-likeness (QED) is 0.736. The smallest absolute Gasteiger partial charge is 0.243 e. The van der Waals surface area contributed by atoms with Crippen molar-refractivity contribution in [1.82, 2.24) is 4.31 Å². The number of aliphatic hydroxyl groups is 1. The molecule has 31 heavy (non-hydrogen) atoms. The van der Waals surface area contributed by atoms with Crippen molar-refractivity contribution < 1.29 is 17.9 Å². The SMILES string of the molecule is CCCC#Cc1ccc2c(c1)[C@H]1[C@H](CCN1S(=O)(=O)c1cccc(F)c1)[C@H](CO)N2C. The van der Waals surface area contributed by atoms with Crippen molar-refractivity contribution in [3.05, 3.63) is 59.4 Å². The monoisotopic (exact) mass is 442 g/mol. The molecule has 0 spiro atoms. The van der Waals surface area contributed by atoms with E-state index in [4.69, 9.17) is 0 Å². The molecule has 7 heteroatoms. The molecular formula is C24H27FN2O3S. The summed E-state index contributed by atoms with van der Waals surface area (Å²) in [5, 5.41) is 10.1. The molecule has 0 radical (unpaired) electrons. The van der Waals surface area contributed by atoms with Gasteiger partial charge in [0.1, 0.15) is 5.82 Å². The average Bonchev–Trinajstić information content (AvgIpc) is 3.20.